The molecular weight excluding hydrogens is 410 g/mol. The van der Waals surface area contributed by atoms with Crippen LogP contribution in [0.2, 0.25) is 0 Å². The Morgan fingerprint density at radius 1 is 0.879 bits per heavy atom. The molecule has 1 aliphatic rings. The summed E-state index contributed by atoms with van der Waals surface area (Å²) in [6.07, 6.45) is 0. The van der Waals surface area contributed by atoms with E-state index in [-0.39, 0.29) is 11.6 Å². The fourth-order valence-corrected chi connectivity index (χ4v) is 4.72. The zero-order chi connectivity index (χ0) is 22.8. The summed E-state index contributed by atoms with van der Waals surface area (Å²) < 4.78 is 1.59. The second kappa shape index (κ2) is 8.89. The van der Waals surface area contributed by atoms with Gasteiger partial charge in [0.15, 0.2) is 0 Å². The van der Waals surface area contributed by atoms with Crippen LogP contribution in [0, 0.1) is 11.3 Å². The topological polar surface area (TPSA) is 65.2 Å². The molecule has 2 aromatic carbocycles. The van der Waals surface area contributed by atoms with E-state index in [0.29, 0.717) is 11.2 Å². The number of pyridine rings is 2. The summed E-state index contributed by atoms with van der Waals surface area (Å²) in [5.74, 6) is 0. The van der Waals surface area contributed by atoms with Gasteiger partial charge in [0, 0.05) is 39.3 Å². The van der Waals surface area contributed by atoms with Gasteiger partial charge in [-0.25, -0.2) is 4.98 Å². The second-order valence-electron chi connectivity index (χ2n) is 8.35. The molecule has 0 aliphatic carbocycles. The first-order valence-corrected chi connectivity index (χ1v) is 11.2. The first-order valence-electron chi connectivity index (χ1n) is 11.2. The number of hydrogen-bond donors (Lipinski definition) is 0. The minimum atomic E-state index is -0.0714. The highest BCUT2D eigenvalue weighted by Crippen LogP contribution is 2.31. The van der Waals surface area contributed by atoms with Gasteiger partial charge < -0.3 is 9.47 Å². The number of rotatable bonds is 4. The average Bonchev–Trinajstić information content (AvgIpc) is 2.88. The summed E-state index contributed by atoms with van der Waals surface area (Å²) in [5.41, 5.74) is 5.08. The van der Waals surface area contributed by atoms with Gasteiger partial charge in [0.1, 0.15) is 17.3 Å². The third-order valence-electron chi connectivity index (χ3n) is 6.43. The van der Waals surface area contributed by atoms with Crippen molar-refractivity contribution in [2.24, 2.45) is 7.05 Å². The Balaban J connectivity index is 1.46. The normalized spacial score (nSPS) is 14.5. The zero-order valence-corrected chi connectivity index (χ0v) is 18.6. The van der Waals surface area contributed by atoms with E-state index in [9.17, 15) is 10.1 Å². The Bertz CT molecular complexity index is 1330. The lowest BCUT2D eigenvalue weighted by atomic mass is 9.96. The van der Waals surface area contributed by atoms with Crippen molar-refractivity contribution >= 4 is 16.7 Å². The second-order valence-corrected chi connectivity index (χ2v) is 8.35. The molecule has 0 radical (unpaired) electrons. The Morgan fingerprint density at radius 3 is 2.06 bits per heavy atom. The maximum atomic E-state index is 12.6. The van der Waals surface area contributed by atoms with Gasteiger partial charge in [-0.05, 0) is 23.3 Å². The summed E-state index contributed by atoms with van der Waals surface area (Å²) >= 11 is 0. The van der Waals surface area contributed by atoms with E-state index in [2.05, 4.69) is 69.4 Å². The van der Waals surface area contributed by atoms with Crippen LogP contribution in [-0.2, 0) is 7.05 Å². The van der Waals surface area contributed by atoms with Crippen molar-refractivity contribution in [2.45, 2.75) is 6.04 Å². The van der Waals surface area contributed by atoms with Gasteiger partial charge in [0.25, 0.3) is 5.56 Å². The molecule has 2 aromatic heterocycles. The van der Waals surface area contributed by atoms with Crippen LogP contribution in [0.25, 0.3) is 11.0 Å². The summed E-state index contributed by atoms with van der Waals surface area (Å²) in [5, 5.41) is 9.33. The van der Waals surface area contributed by atoms with Gasteiger partial charge in [0.05, 0.1) is 17.2 Å². The molecule has 0 saturated carbocycles. The standard InChI is InChI=1S/C27H25N5O/c1-30-23-13-12-22(19-28)29-26(23)24(18-25(30)33)31-14-16-32(17-15-31)27(20-8-4-2-5-9-20)21-10-6-3-7-11-21/h2-13,18,27H,14-17H2,1H3. The highest BCUT2D eigenvalue weighted by atomic mass is 16.1. The number of nitriles is 1. The molecule has 0 spiro atoms. The number of benzene rings is 2. The van der Waals surface area contributed by atoms with Crippen molar-refractivity contribution in [3.05, 3.63) is 106 Å². The van der Waals surface area contributed by atoms with E-state index in [1.54, 1.807) is 23.7 Å². The van der Waals surface area contributed by atoms with Crippen LogP contribution in [0.15, 0.2) is 83.7 Å². The molecule has 164 valence electrons. The largest absolute Gasteiger partial charge is 0.367 e. The number of nitrogens with zero attached hydrogens (tertiary/aromatic N) is 5. The molecule has 1 fully saturated rings. The predicted molar refractivity (Wildman–Crippen MR) is 130 cm³/mol. The monoisotopic (exact) mass is 435 g/mol. The molecule has 0 unspecified atom stereocenters. The average molecular weight is 436 g/mol. The minimum Gasteiger partial charge on any atom is -0.367 e. The Hall–Kier alpha value is -3.95. The smallest absolute Gasteiger partial charge is 0.252 e. The number of piperazine rings is 1. The molecule has 1 saturated heterocycles. The van der Waals surface area contributed by atoms with Gasteiger partial charge >= 0.3 is 0 Å². The number of aryl methyl sites for hydroxylation is 1. The van der Waals surface area contributed by atoms with Crippen molar-refractivity contribution in [3.8, 4) is 6.07 Å². The van der Waals surface area contributed by atoms with Crippen LogP contribution in [0.3, 0.4) is 0 Å². The quantitative estimate of drug-likeness (QED) is 0.489. The van der Waals surface area contributed by atoms with Crippen molar-refractivity contribution in [1.82, 2.24) is 14.5 Å². The summed E-state index contributed by atoms with van der Waals surface area (Å²) in [6, 6.07) is 28.6. The lowest BCUT2D eigenvalue weighted by Crippen LogP contribution is -2.48. The van der Waals surface area contributed by atoms with Gasteiger partial charge in [-0.15, -0.1) is 0 Å². The molecule has 0 N–H and O–H groups in total. The molecule has 6 heteroatoms. The van der Waals surface area contributed by atoms with Gasteiger partial charge in [-0.1, -0.05) is 60.7 Å². The summed E-state index contributed by atoms with van der Waals surface area (Å²) in [7, 11) is 1.74. The Labute approximate surface area is 192 Å². The number of anilines is 1. The number of aromatic nitrogens is 2. The van der Waals surface area contributed by atoms with Crippen LogP contribution < -0.4 is 10.5 Å². The number of hydrogen-bond acceptors (Lipinski definition) is 5. The van der Waals surface area contributed by atoms with E-state index in [0.717, 1.165) is 37.4 Å². The molecule has 0 amide bonds. The van der Waals surface area contributed by atoms with E-state index in [1.807, 2.05) is 18.2 Å². The molecule has 4 aromatic rings. The fourth-order valence-electron chi connectivity index (χ4n) is 4.72. The van der Waals surface area contributed by atoms with Crippen LogP contribution in [-0.4, -0.2) is 40.6 Å². The number of fused-ring (bicyclic) bond motifs is 1. The highest BCUT2D eigenvalue weighted by molar-refractivity contribution is 5.88. The van der Waals surface area contributed by atoms with E-state index < -0.39 is 0 Å². The molecule has 1 aliphatic heterocycles. The molecule has 33 heavy (non-hydrogen) atoms. The van der Waals surface area contributed by atoms with Gasteiger partial charge in [-0.3, -0.25) is 9.69 Å². The first-order chi connectivity index (χ1) is 16.2. The third kappa shape index (κ3) is 3.99. The van der Waals surface area contributed by atoms with Crippen molar-refractivity contribution in [2.75, 3.05) is 31.1 Å². The van der Waals surface area contributed by atoms with Crippen LogP contribution >= 0.6 is 0 Å². The van der Waals surface area contributed by atoms with E-state index in [1.165, 1.54) is 11.1 Å². The highest BCUT2D eigenvalue weighted by Gasteiger charge is 2.27. The summed E-state index contributed by atoms with van der Waals surface area (Å²) in [6.45, 7) is 3.25. The van der Waals surface area contributed by atoms with Gasteiger partial charge in [-0.2, -0.15) is 5.26 Å². The molecule has 0 atom stereocenters. The molecular formula is C27H25N5O. The molecule has 5 rings (SSSR count). The first kappa shape index (κ1) is 20.9. The Morgan fingerprint density at radius 2 is 1.48 bits per heavy atom. The molecule has 0 bridgehead atoms. The lowest BCUT2D eigenvalue weighted by Gasteiger charge is -2.40. The maximum Gasteiger partial charge on any atom is 0.252 e. The van der Waals surface area contributed by atoms with E-state index in [4.69, 9.17) is 0 Å². The SMILES string of the molecule is Cn1c(=O)cc(N2CCN(C(c3ccccc3)c3ccccc3)CC2)c2nc(C#N)ccc21. The summed E-state index contributed by atoms with van der Waals surface area (Å²) in [4.78, 5) is 21.9. The Kier molecular flexibility index (Phi) is 5.64. The van der Waals surface area contributed by atoms with E-state index >= 15 is 0 Å². The van der Waals surface area contributed by atoms with Crippen LogP contribution in [0.5, 0.6) is 0 Å². The van der Waals surface area contributed by atoms with Crippen molar-refractivity contribution in [3.63, 3.8) is 0 Å². The predicted octanol–water partition coefficient (Wildman–Crippen LogP) is 3.72. The van der Waals surface area contributed by atoms with Gasteiger partial charge in [0.2, 0.25) is 0 Å². The third-order valence-corrected chi connectivity index (χ3v) is 6.43. The van der Waals surface area contributed by atoms with Crippen LogP contribution in [0.1, 0.15) is 22.9 Å². The molecule has 3 heterocycles. The zero-order valence-electron chi connectivity index (χ0n) is 18.6. The van der Waals surface area contributed by atoms with Crippen molar-refractivity contribution < 1.29 is 0 Å². The lowest BCUT2D eigenvalue weighted by molar-refractivity contribution is 0.212. The minimum absolute atomic E-state index is 0.0714. The van der Waals surface area contributed by atoms with Crippen molar-refractivity contribution in [1.29, 1.82) is 5.26 Å². The van der Waals surface area contributed by atoms with Crippen LogP contribution in [0.4, 0.5) is 5.69 Å². The fraction of sp³-hybridized carbons (Fsp3) is 0.222. The maximum absolute atomic E-state index is 12.6. The molecule has 6 nitrogen and oxygen atoms in total.